The lowest BCUT2D eigenvalue weighted by Crippen LogP contribution is -2.22. The van der Waals surface area contributed by atoms with Crippen molar-refractivity contribution in [2.45, 2.75) is 0 Å². The van der Waals surface area contributed by atoms with Gasteiger partial charge < -0.3 is 14.5 Å². The highest BCUT2D eigenvalue weighted by Gasteiger charge is 2.19. The molecule has 1 N–H and O–H groups in total. The lowest BCUT2D eigenvalue weighted by Gasteiger charge is -2.12. The van der Waals surface area contributed by atoms with Crippen molar-refractivity contribution in [2.24, 2.45) is 0 Å². The maximum Gasteiger partial charge on any atom is 0.262 e. The molecule has 0 fully saturated rings. The molecule has 0 saturated carbocycles. The van der Waals surface area contributed by atoms with E-state index in [4.69, 9.17) is 44.0 Å². The van der Waals surface area contributed by atoms with Gasteiger partial charge in [-0.2, -0.15) is 0 Å². The number of fused-ring (bicyclic) bond motifs is 1. The van der Waals surface area contributed by atoms with Crippen LogP contribution in [0.3, 0.4) is 0 Å². The van der Waals surface area contributed by atoms with Crippen molar-refractivity contribution in [3.8, 4) is 17.1 Å². The fraction of sp³-hybridized carbons (Fsp3) is 0.0435. The molecule has 1 heterocycles. The van der Waals surface area contributed by atoms with E-state index in [2.05, 4.69) is 5.32 Å². The Morgan fingerprint density at radius 3 is 2.42 bits per heavy atom. The highest BCUT2D eigenvalue weighted by atomic mass is 35.5. The van der Waals surface area contributed by atoms with Gasteiger partial charge in [0, 0.05) is 16.3 Å². The molecule has 0 spiro atoms. The van der Waals surface area contributed by atoms with Gasteiger partial charge in [0.05, 0.1) is 15.4 Å². The predicted octanol–water partition coefficient (Wildman–Crippen LogP) is 6.44. The van der Waals surface area contributed by atoms with Gasteiger partial charge in [0.25, 0.3) is 5.91 Å². The Morgan fingerprint density at radius 1 is 0.935 bits per heavy atom. The number of rotatable bonds is 5. The van der Waals surface area contributed by atoms with Crippen molar-refractivity contribution in [1.82, 2.24) is 0 Å². The summed E-state index contributed by atoms with van der Waals surface area (Å²) in [6.07, 6.45) is 0. The molecule has 0 aliphatic heterocycles. The second-order valence-electron chi connectivity index (χ2n) is 6.56. The predicted molar refractivity (Wildman–Crippen MR) is 124 cm³/mol. The molecule has 1 aromatic heterocycles. The van der Waals surface area contributed by atoms with Crippen molar-refractivity contribution in [1.29, 1.82) is 0 Å². The van der Waals surface area contributed by atoms with Crippen LogP contribution in [0.4, 0.5) is 5.69 Å². The molecule has 31 heavy (non-hydrogen) atoms. The highest BCUT2D eigenvalue weighted by Crippen LogP contribution is 2.31. The number of anilines is 1. The third-order valence-electron chi connectivity index (χ3n) is 4.41. The van der Waals surface area contributed by atoms with Crippen molar-refractivity contribution in [3.05, 3.63) is 92.0 Å². The zero-order valence-corrected chi connectivity index (χ0v) is 18.1. The Kier molecular flexibility index (Phi) is 6.18. The van der Waals surface area contributed by atoms with E-state index >= 15 is 0 Å². The van der Waals surface area contributed by atoms with Gasteiger partial charge in [-0.3, -0.25) is 9.59 Å². The fourth-order valence-electron chi connectivity index (χ4n) is 2.96. The van der Waals surface area contributed by atoms with Gasteiger partial charge in [-0.25, -0.2) is 0 Å². The third kappa shape index (κ3) is 4.69. The first kappa shape index (κ1) is 21.2. The number of halogens is 3. The van der Waals surface area contributed by atoms with Crippen LogP contribution < -0.4 is 15.5 Å². The molecule has 0 aliphatic carbocycles. The molecule has 3 aromatic carbocycles. The number of hydrogen-bond donors (Lipinski definition) is 1. The van der Waals surface area contributed by atoms with Crippen LogP contribution in [-0.4, -0.2) is 12.5 Å². The van der Waals surface area contributed by atoms with Crippen molar-refractivity contribution in [3.63, 3.8) is 0 Å². The first-order valence-corrected chi connectivity index (χ1v) is 10.3. The first-order chi connectivity index (χ1) is 14.9. The average Bonchev–Trinajstić information content (AvgIpc) is 2.76. The molecule has 0 bridgehead atoms. The normalized spacial score (nSPS) is 10.8. The lowest BCUT2D eigenvalue weighted by molar-refractivity contribution is -0.118. The molecule has 4 rings (SSSR count). The molecule has 156 valence electrons. The second-order valence-corrected chi connectivity index (χ2v) is 7.81. The lowest BCUT2D eigenvalue weighted by atomic mass is 10.1. The van der Waals surface area contributed by atoms with Crippen LogP contribution in [0, 0.1) is 0 Å². The molecule has 8 heteroatoms. The van der Waals surface area contributed by atoms with Crippen molar-refractivity contribution in [2.75, 3.05) is 11.9 Å². The Morgan fingerprint density at radius 2 is 1.68 bits per heavy atom. The number of ether oxygens (including phenoxy) is 1. The minimum absolute atomic E-state index is 0.0645. The zero-order chi connectivity index (χ0) is 22.0. The average molecular weight is 475 g/mol. The van der Waals surface area contributed by atoms with Gasteiger partial charge in [-0.15, -0.1) is 0 Å². The van der Waals surface area contributed by atoms with Crippen molar-refractivity contribution < 1.29 is 13.9 Å². The van der Waals surface area contributed by atoms with E-state index in [1.807, 2.05) is 0 Å². The van der Waals surface area contributed by atoms with Gasteiger partial charge in [0.2, 0.25) is 11.2 Å². The van der Waals surface area contributed by atoms with E-state index in [1.54, 1.807) is 60.7 Å². The quantitative estimate of drug-likeness (QED) is 0.361. The minimum Gasteiger partial charge on any atom is -0.476 e. The van der Waals surface area contributed by atoms with Crippen LogP contribution in [0.15, 0.2) is 75.9 Å². The molecule has 0 saturated heterocycles. The summed E-state index contributed by atoms with van der Waals surface area (Å²) >= 11 is 17.8. The number of nitrogens with one attached hydrogen (secondary N) is 1. The van der Waals surface area contributed by atoms with Gasteiger partial charge in [-0.05, 0) is 54.6 Å². The summed E-state index contributed by atoms with van der Waals surface area (Å²) in [5.74, 6) is -0.332. The van der Waals surface area contributed by atoms with E-state index in [0.29, 0.717) is 37.3 Å². The van der Waals surface area contributed by atoms with Crippen LogP contribution in [0.2, 0.25) is 15.1 Å². The standard InChI is InChI=1S/C23H14Cl3NO4/c24-14-7-5-13(6-8-14)22-23(21(29)16-3-1-2-4-19(16)31-22)30-12-20(28)27-15-9-10-17(25)18(26)11-15/h1-11H,12H2,(H,27,28). The van der Waals surface area contributed by atoms with Crippen LogP contribution in [-0.2, 0) is 4.79 Å². The van der Waals surface area contributed by atoms with Crippen LogP contribution in [0.25, 0.3) is 22.3 Å². The topological polar surface area (TPSA) is 68.5 Å². The molecular weight excluding hydrogens is 461 g/mol. The second kappa shape index (κ2) is 9.02. The number of carbonyl (C=O) groups is 1. The van der Waals surface area contributed by atoms with Crippen LogP contribution >= 0.6 is 34.8 Å². The zero-order valence-electron chi connectivity index (χ0n) is 15.8. The van der Waals surface area contributed by atoms with Gasteiger partial charge >= 0.3 is 0 Å². The maximum atomic E-state index is 13.1. The monoisotopic (exact) mass is 473 g/mol. The first-order valence-electron chi connectivity index (χ1n) is 9.12. The number of benzene rings is 3. The molecule has 0 atom stereocenters. The Labute approximate surface area is 192 Å². The number of hydrogen-bond acceptors (Lipinski definition) is 4. The maximum absolute atomic E-state index is 13.1. The van der Waals surface area contributed by atoms with E-state index in [9.17, 15) is 9.59 Å². The molecule has 0 aliphatic rings. The number of para-hydroxylation sites is 1. The van der Waals surface area contributed by atoms with Crippen LogP contribution in [0.1, 0.15) is 0 Å². The Balaban J connectivity index is 1.65. The molecule has 0 radical (unpaired) electrons. The summed E-state index contributed by atoms with van der Waals surface area (Å²) in [5.41, 5.74) is 1.07. The number of amides is 1. The van der Waals surface area contributed by atoms with Gasteiger partial charge in [0.15, 0.2) is 12.4 Å². The van der Waals surface area contributed by atoms with Crippen LogP contribution in [0.5, 0.6) is 5.75 Å². The summed E-state index contributed by atoms with van der Waals surface area (Å²) in [5, 5.41) is 4.21. The smallest absolute Gasteiger partial charge is 0.262 e. The van der Waals surface area contributed by atoms with E-state index in [1.165, 1.54) is 6.07 Å². The third-order valence-corrected chi connectivity index (χ3v) is 5.40. The summed E-state index contributed by atoms with van der Waals surface area (Å²) in [4.78, 5) is 25.5. The highest BCUT2D eigenvalue weighted by molar-refractivity contribution is 6.42. The SMILES string of the molecule is O=C(COc1c(-c2ccc(Cl)cc2)oc2ccccc2c1=O)Nc1ccc(Cl)c(Cl)c1. The molecule has 5 nitrogen and oxygen atoms in total. The largest absolute Gasteiger partial charge is 0.476 e. The molecule has 0 unspecified atom stereocenters. The van der Waals surface area contributed by atoms with E-state index in [0.717, 1.165) is 0 Å². The van der Waals surface area contributed by atoms with Gasteiger partial charge in [-0.1, -0.05) is 46.9 Å². The molecule has 1 amide bonds. The van der Waals surface area contributed by atoms with E-state index in [-0.39, 0.29) is 16.9 Å². The summed E-state index contributed by atoms with van der Waals surface area (Å²) in [7, 11) is 0. The van der Waals surface area contributed by atoms with Gasteiger partial charge in [0.1, 0.15) is 5.58 Å². The number of carbonyl (C=O) groups excluding carboxylic acids is 1. The molecular formula is C23H14Cl3NO4. The fourth-order valence-corrected chi connectivity index (χ4v) is 3.38. The Bertz CT molecular complexity index is 1330. The summed E-state index contributed by atoms with van der Waals surface area (Å²) in [6, 6.07) is 18.3. The summed E-state index contributed by atoms with van der Waals surface area (Å²) in [6.45, 7) is -0.413. The van der Waals surface area contributed by atoms with E-state index < -0.39 is 12.5 Å². The molecule has 4 aromatic rings. The minimum atomic E-state index is -0.479. The summed E-state index contributed by atoms with van der Waals surface area (Å²) < 4.78 is 11.6. The van der Waals surface area contributed by atoms with Crippen molar-refractivity contribution >= 4 is 57.4 Å². The Hall–Kier alpha value is -2.99.